The summed E-state index contributed by atoms with van der Waals surface area (Å²) in [5, 5.41) is 16.1. The van der Waals surface area contributed by atoms with Crippen LogP contribution in [0.25, 0.3) is 0 Å². The van der Waals surface area contributed by atoms with Gasteiger partial charge in [0.15, 0.2) is 23.2 Å². The molecule has 0 radical (unpaired) electrons. The van der Waals surface area contributed by atoms with Gasteiger partial charge in [-0.3, -0.25) is 5.43 Å². The van der Waals surface area contributed by atoms with Crippen molar-refractivity contribution >= 4 is 45.2 Å². The molecule has 0 fully saturated rings. The van der Waals surface area contributed by atoms with Crippen molar-refractivity contribution in [3.8, 4) is 17.6 Å². The average Bonchev–Trinajstić information content (AvgIpc) is 2.62. The Balaban J connectivity index is 2.02. The van der Waals surface area contributed by atoms with Gasteiger partial charge in [0.2, 0.25) is 0 Å². The van der Waals surface area contributed by atoms with E-state index in [4.69, 9.17) is 27.0 Å². The minimum absolute atomic E-state index is 0.0583. The van der Waals surface area contributed by atoms with Gasteiger partial charge in [-0.05, 0) is 52.4 Å². The fraction of sp³-hybridized carbons (Fsp3) is 0.118. The molecule has 0 aliphatic carbocycles. The van der Waals surface area contributed by atoms with Crippen molar-refractivity contribution in [3.63, 3.8) is 0 Å². The molecule has 25 heavy (non-hydrogen) atoms. The molecule has 128 valence electrons. The number of nitrogens with one attached hydrogen (secondary N) is 2. The minimum atomic E-state index is -0.0583. The molecule has 0 amide bonds. The lowest BCUT2D eigenvalue weighted by Gasteiger charge is -2.10. The van der Waals surface area contributed by atoms with Crippen molar-refractivity contribution in [2.75, 3.05) is 19.0 Å². The van der Waals surface area contributed by atoms with Crippen LogP contribution in [-0.4, -0.2) is 25.0 Å². The zero-order chi connectivity index (χ0) is 18.1. The van der Waals surface area contributed by atoms with Crippen LogP contribution < -0.4 is 20.2 Å². The molecular formula is C17H15BrN4O2S. The molecule has 0 saturated heterocycles. The van der Waals surface area contributed by atoms with Crippen molar-refractivity contribution < 1.29 is 9.47 Å². The van der Waals surface area contributed by atoms with E-state index in [1.54, 1.807) is 18.3 Å². The highest BCUT2D eigenvalue weighted by Gasteiger charge is 2.09. The second-order valence-electron chi connectivity index (χ2n) is 4.66. The van der Waals surface area contributed by atoms with Crippen LogP contribution in [-0.2, 0) is 0 Å². The van der Waals surface area contributed by atoms with Crippen LogP contribution in [0.1, 0.15) is 5.56 Å². The zero-order valence-electron chi connectivity index (χ0n) is 13.3. The van der Waals surface area contributed by atoms with Crippen molar-refractivity contribution in [1.29, 1.82) is 5.26 Å². The number of nitrogens with zero attached hydrogens (tertiary/aromatic N) is 2. The molecule has 0 aliphatic heterocycles. The molecule has 8 heteroatoms. The number of nitriles is 1. The Morgan fingerprint density at radius 1 is 1.32 bits per heavy atom. The Labute approximate surface area is 159 Å². The van der Waals surface area contributed by atoms with E-state index in [0.29, 0.717) is 16.6 Å². The van der Waals surface area contributed by atoms with Crippen LogP contribution in [0.4, 0.5) is 5.69 Å². The molecule has 0 heterocycles. The predicted molar refractivity (Wildman–Crippen MR) is 105 cm³/mol. The van der Waals surface area contributed by atoms with E-state index in [-0.39, 0.29) is 6.61 Å². The summed E-state index contributed by atoms with van der Waals surface area (Å²) in [4.78, 5) is 0. The number of methoxy groups -OCH3 is 1. The van der Waals surface area contributed by atoms with E-state index in [9.17, 15) is 0 Å². The van der Waals surface area contributed by atoms with Crippen LogP contribution in [0.3, 0.4) is 0 Å². The van der Waals surface area contributed by atoms with Crippen LogP contribution in [0.2, 0.25) is 0 Å². The zero-order valence-corrected chi connectivity index (χ0v) is 15.7. The smallest absolute Gasteiger partial charge is 0.191 e. The first-order valence-corrected chi connectivity index (χ1v) is 8.36. The summed E-state index contributed by atoms with van der Waals surface area (Å²) in [5.41, 5.74) is 4.38. The molecule has 2 aromatic rings. The monoisotopic (exact) mass is 418 g/mol. The molecule has 0 bridgehead atoms. The second-order valence-corrected chi connectivity index (χ2v) is 5.92. The number of rotatable bonds is 6. The van der Waals surface area contributed by atoms with Crippen LogP contribution in [0.15, 0.2) is 52.0 Å². The Kier molecular flexibility index (Phi) is 7.19. The second kappa shape index (κ2) is 9.61. The Morgan fingerprint density at radius 3 is 2.76 bits per heavy atom. The standard InChI is InChI=1S/C17H15BrN4O2S/c1-23-15-9-12(14(18)10-16(15)24-8-7-19)11-20-22-17(25)21-13-5-3-2-4-6-13/h2-6,9-11H,8H2,1H3,(H2,21,22,25). The Morgan fingerprint density at radius 2 is 2.08 bits per heavy atom. The normalized spacial score (nSPS) is 10.1. The number of benzene rings is 2. The van der Waals surface area contributed by atoms with Crippen molar-refractivity contribution in [2.24, 2.45) is 5.10 Å². The molecule has 2 rings (SSSR count). The molecule has 2 aromatic carbocycles. The topological polar surface area (TPSA) is 78.7 Å². The van der Waals surface area contributed by atoms with E-state index < -0.39 is 0 Å². The highest BCUT2D eigenvalue weighted by Crippen LogP contribution is 2.32. The number of hydrazone groups is 1. The summed E-state index contributed by atoms with van der Waals surface area (Å²) < 4.78 is 11.3. The molecule has 0 atom stereocenters. The highest BCUT2D eigenvalue weighted by atomic mass is 79.9. The lowest BCUT2D eigenvalue weighted by Crippen LogP contribution is -2.23. The summed E-state index contributed by atoms with van der Waals surface area (Å²) in [6, 6.07) is 14.9. The van der Waals surface area contributed by atoms with Gasteiger partial charge in [-0.1, -0.05) is 18.2 Å². The molecule has 0 spiro atoms. The molecule has 0 unspecified atom stereocenters. The molecule has 0 saturated carbocycles. The largest absolute Gasteiger partial charge is 0.493 e. The first-order chi connectivity index (χ1) is 12.1. The average molecular weight is 419 g/mol. The lowest BCUT2D eigenvalue weighted by molar-refractivity contribution is 0.329. The van der Waals surface area contributed by atoms with Crippen molar-refractivity contribution in [3.05, 3.63) is 52.5 Å². The van der Waals surface area contributed by atoms with E-state index in [0.717, 1.165) is 15.7 Å². The van der Waals surface area contributed by atoms with Gasteiger partial charge in [0.25, 0.3) is 0 Å². The third kappa shape index (κ3) is 5.74. The van der Waals surface area contributed by atoms with Gasteiger partial charge >= 0.3 is 0 Å². The number of thiocarbonyl (C=S) groups is 1. The summed E-state index contributed by atoms with van der Waals surface area (Å²) >= 11 is 8.62. The Bertz CT molecular complexity index is 806. The van der Waals surface area contributed by atoms with Gasteiger partial charge in [-0.15, -0.1) is 0 Å². The van der Waals surface area contributed by atoms with E-state index in [2.05, 4.69) is 31.8 Å². The highest BCUT2D eigenvalue weighted by molar-refractivity contribution is 9.10. The summed E-state index contributed by atoms with van der Waals surface area (Å²) in [6.45, 7) is -0.0583. The summed E-state index contributed by atoms with van der Waals surface area (Å²) in [7, 11) is 1.53. The Hall–Kier alpha value is -2.63. The predicted octanol–water partition coefficient (Wildman–Crippen LogP) is 3.68. The van der Waals surface area contributed by atoms with E-state index >= 15 is 0 Å². The first kappa shape index (κ1) is 18.7. The van der Waals surface area contributed by atoms with Gasteiger partial charge in [-0.25, -0.2) is 0 Å². The van der Waals surface area contributed by atoms with Gasteiger partial charge < -0.3 is 14.8 Å². The molecule has 0 aromatic heterocycles. The minimum Gasteiger partial charge on any atom is -0.493 e. The van der Waals surface area contributed by atoms with Gasteiger partial charge in [0.05, 0.1) is 13.3 Å². The lowest BCUT2D eigenvalue weighted by atomic mass is 10.2. The molecule has 2 N–H and O–H groups in total. The fourth-order valence-electron chi connectivity index (χ4n) is 1.87. The SMILES string of the molecule is COc1cc(C=NNC(=S)Nc2ccccc2)c(Br)cc1OCC#N. The van der Waals surface area contributed by atoms with Crippen molar-refractivity contribution in [2.45, 2.75) is 0 Å². The van der Waals surface area contributed by atoms with Crippen LogP contribution >= 0.6 is 28.1 Å². The van der Waals surface area contributed by atoms with Crippen LogP contribution in [0, 0.1) is 11.3 Å². The van der Waals surface area contributed by atoms with Crippen molar-refractivity contribution in [1.82, 2.24) is 5.43 Å². The molecule has 6 nitrogen and oxygen atoms in total. The third-order valence-electron chi connectivity index (χ3n) is 2.98. The number of hydrogen-bond acceptors (Lipinski definition) is 5. The maximum atomic E-state index is 8.61. The third-order valence-corrected chi connectivity index (χ3v) is 3.86. The van der Waals surface area contributed by atoms with Gasteiger partial charge in [0.1, 0.15) is 6.07 Å². The van der Waals surface area contributed by atoms with Crippen LogP contribution in [0.5, 0.6) is 11.5 Å². The van der Waals surface area contributed by atoms with Gasteiger partial charge in [0, 0.05) is 15.7 Å². The summed E-state index contributed by atoms with van der Waals surface area (Å²) in [6.07, 6.45) is 1.60. The van der Waals surface area contributed by atoms with Gasteiger partial charge in [-0.2, -0.15) is 10.4 Å². The number of ether oxygens (including phenoxy) is 2. The fourth-order valence-corrected chi connectivity index (χ4v) is 2.47. The maximum absolute atomic E-state index is 8.61. The first-order valence-electron chi connectivity index (χ1n) is 7.16. The maximum Gasteiger partial charge on any atom is 0.191 e. The quantitative estimate of drug-likeness (QED) is 0.423. The van der Waals surface area contributed by atoms with E-state index in [1.807, 2.05) is 36.4 Å². The number of anilines is 1. The summed E-state index contributed by atoms with van der Waals surface area (Å²) in [5.74, 6) is 0.979. The molecular weight excluding hydrogens is 404 g/mol. The number of halogens is 1. The molecule has 0 aliphatic rings. The number of para-hydroxylation sites is 1. The number of hydrogen-bond donors (Lipinski definition) is 2. The van der Waals surface area contributed by atoms with E-state index in [1.165, 1.54) is 7.11 Å².